The maximum atomic E-state index is 12.6. The smallest absolute Gasteiger partial charge is 0.228 e. The quantitative estimate of drug-likeness (QED) is 0.859. The fourth-order valence-corrected chi connectivity index (χ4v) is 3.27. The van der Waals surface area contributed by atoms with Gasteiger partial charge in [0, 0.05) is 37.8 Å². The van der Waals surface area contributed by atoms with Crippen LogP contribution in [0.15, 0.2) is 24.3 Å². The molecule has 0 aromatic heterocycles. The van der Waals surface area contributed by atoms with Gasteiger partial charge in [0.05, 0.1) is 13.0 Å². The molecular weight excluding hydrogens is 280 g/mol. The lowest BCUT2D eigenvalue weighted by Crippen LogP contribution is -2.40. The molecule has 2 fully saturated rings. The molecule has 5 heteroatoms. The molecule has 2 aliphatic heterocycles. The number of ether oxygens (including phenoxy) is 1. The van der Waals surface area contributed by atoms with E-state index < -0.39 is 0 Å². The van der Waals surface area contributed by atoms with Gasteiger partial charge in [-0.2, -0.15) is 0 Å². The van der Waals surface area contributed by atoms with Gasteiger partial charge in [0.15, 0.2) is 0 Å². The average molecular weight is 302 g/mol. The molecule has 0 bridgehead atoms. The van der Waals surface area contributed by atoms with Crippen LogP contribution in [0.3, 0.4) is 0 Å². The van der Waals surface area contributed by atoms with E-state index in [0.29, 0.717) is 13.0 Å². The lowest BCUT2D eigenvalue weighted by atomic mass is 10.0. The molecule has 0 saturated carbocycles. The number of carbonyl (C=O) groups excluding carboxylic acids is 2. The van der Waals surface area contributed by atoms with Crippen LogP contribution < -0.4 is 9.64 Å². The van der Waals surface area contributed by atoms with Crippen molar-refractivity contribution in [1.82, 2.24) is 4.90 Å². The number of carbonyl (C=O) groups is 2. The fraction of sp³-hybridized carbons (Fsp3) is 0.529. The zero-order valence-electron chi connectivity index (χ0n) is 13.0. The summed E-state index contributed by atoms with van der Waals surface area (Å²) < 4.78 is 5.21. The second-order valence-corrected chi connectivity index (χ2v) is 5.99. The molecule has 2 saturated heterocycles. The molecule has 2 aliphatic rings. The lowest BCUT2D eigenvalue weighted by molar-refractivity contribution is -0.136. The Morgan fingerprint density at radius 3 is 2.73 bits per heavy atom. The van der Waals surface area contributed by atoms with E-state index in [0.717, 1.165) is 37.4 Å². The Bertz CT molecular complexity index is 567. The van der Waals surface area contributed by atoms with Crippen LogP contribution in [0, 0.1) is 5.92 Å². The molecule has 0 N–H and O–H groups in total. The van der Waals surface area contributed by atoms with Crippen molar-refractivity contribution in [2.75, 3.05) is 31.6 Å². The largest absolute Gasteiger partial charge is 0.497 e. The van der Waals surface area contributed by atoms with Crippen molar-refractivity contribution in [2.45, 2.75) is 25.7 Å². The van der Waals surface area contributed by atoms with Gasteiger partial charge < -0.3 is 14.5 Å². The number of methoxy groups -OCH3 is 1. The van der Waals surface area contributed by atoms with Crippen LogP contribution >= 0.6 is 0 Å². The molecular formula is C17H22N2O3. The summed E-state index contributed by atoms with van der Waals surface area (Å²) in [6.45, 7) is 2.15. The minimum atomic E-state index is -0.211. The van der Waals surface area contributed by atoms with E-state index in [2.05, 4.69) is 0 Å². The molecule has 1 atom stereocenters. The number of likely N-dealkylation sites (tertiary alicyclic amines) is 1. The lowest BCUT2D eigenvalue weighted by Gasteiger charge is -2.29. The van der Waals surface area contributed by atoms with Crippen LogP contribution in [0.25, 0.3) is 0 Å². The van der Waals surface area contributed by atoms with Crippen LogP contribution in [0.4, 0.5) is 5.69 Å². The number of benzene rings is 1. The van der Waals surface area contributed by atoms with Gasteiger partial charge in [-0.3, -0.25) is 9.59 Å². The number of anilines is 1. The third-order valence-corrected chi connectivity index (χ3v) is 4.51. The monoisotopic (exact) mass is 302 g/mol. The van der Waals surface area contributed by atoms with Crippen molar-refractivity contribution in [3.8, 4) is 5.75 Å². The number of hydrogen-bond donors (Lipinski definition) is 0. The molecule has 0 radical (unpaired) electrons. The molecule has 5 nitrogen and oxygen atoms in total. The second-order valence-electron chi connectivity index (χ2n) is 5.99. The maximum absolute atomic E-state index is 12.6. The summed E-state index contributed by atoms with van der Waals surface area (Å²) in [6, 6.07) is 7.43. The normalized spacial score (nSPS) is 22.0. The Labute approximate surface area is 130 Å². The van der Waals surface area contributed by atoms with Crippen LogP contribution in [-0.4, -0.2) is 43.5 Å². The third-order valence-electron chi connectivity index (χ3n) is 4.51. The SMILES string of the molecule is COc1cccc(N2C[C@@H](C(=O)N3CCCCC3)CC2=O)c1. The molecule has 0 spiro atoms. The highest BCUT2D eigenvalue weighted by atomic mass is 16.5. The van der Waals surface area contributed by atoms with Gasteiger partial charge in [-0.15, -0.1) is 0 Å². The van der Waals surface area contributed by atoms with Crippen LogP contribution in [0.1, 0.15) is 25.7 Å². The Hall–Kier alpha value is -2.04. The van der Waals surface area contributed by atoms with E-state index in [1.807, 2.05) is 29.2 Å². The molecule has 2 amide bonds. The summed E-state index contributed by atoms with van der Waals surface area (Å²) in [4.78, 5) is 28.5. The Balaban J connectivity index is 1.71. The number of nitrogens with zero attached hydrogens (tertiary/aromatic N) is 2. The van der Waals surface area contributed by atoms with Crippen molar-refractivity contribution in [2.24, 2.45) is 5.92 Å². The summed E-state index contributed by atoms with van der Waals surface area (Å²) in [5, 5.41) is 0. The predicted octanol–water partition coefficient (Wildman–Crippen LogP) is 2.06. The molecule has 3 rings (SSSR count). The van der Waals surface area contributed by atoms with Gasteiger partial charge in [0.25, 0.3) is 0 Å². The summed E-state index contributed by atoms with van der Waals surface area (Å²) >= 11 is 0. The molecule has 2 heterocycles. The molecule has 22 heavy (non-hydrogen) atoms. The first-order valence-electron chi connectivity index (χ1n) is 7.92. The van der Waals surface area contributed by atoms with E-state index in [-0.39, 0.29) is 17.7 Å². The van der Waals surface area contributed by atoms with Crippen molar-refractivity contribution in [3.05, 3.63) is 24.3 Å². The van der Waals surface area contributed by atoms with Gasteiger partial charge >= 0.3 is 0 Å². The number of hydrogen-bond acceptors (Lipinski definition) is 3. The molecule has 1 aromatic carbocycles. The van der Waals surface area contributed by atoms with E-state index >= 15 is 0 Å². The zero-order valence-corrected chi connectivity index (χ0v) is 13.0. The minimum Gasteiger partial charge on any atom is -0.497 e. The van der Waals surface area contributed by atoms with Gasteiger partial charge in [-0.25, -0.2) is 0 Å². The van der Waals surface area contributed by atoms with Gasteiger partial charge in [-0.05, 0) is 31.4 Å². The van der Waals surface area contributed by atoms with E-state index in [9.17, 15) is 9.59 Å². The molecule has 0 aliphatic carbocycles. The maximum Gasteiger partial charge on any atom is 0.228 e. The summed E-state index contributed by atoms with van der Waals surface area (Å²) in [5.41, 5.74) is 0.804. The average Bonchev–Trinajstić information content (AvgIpc) is 2.97. The van der Waals surface area contributed by atoms with Crippen molar-refractivity contribution in [1.29, 1.82) is 0 Å². The van der Waals surface area contributed by atoms with Gasteiger partial charge in [-0.1, -0.05) is 6.07 Å². The zero-order chi connectivity index (χ0) is 15.5. The predicted molar refractivity (Wildman–Crippen MR) is 83.9 cm³/mol. The molecule has 1 aromatic rings. The summed E-state index contributed by atoms with van der Waals surface area (Å²) in [7, 11) is 1.60. The van der Waals surface area contributed by atoms with Crippen LogP contribution in [0.5, 0.6) is 5.75 Å². The molecule has 0 unspecified atom stereocenters. The first-order chi connectivity index (χ1) is 10.7. The Morgan fingerprint density at radius 1 is 1.23 bits per heavy atom. The first kappa shape index (κ1) is 14.9. The fourth-order valence-electron chi connectivity index (χ4n) is 3.27. The Kier molecular flexibility index (Phi) is 4.32. The van der Waals surface area contributed by atoms with Crippen molar-refractivity contribution in [3.63, 3.8) is 0 Å². The highest BCUT2D eigenvalue weighted by molar-refractivity contribution is 6.00. The second kappa shape index (κ2) is 6.38. The first-order valence-corrected chi connectivity index (χ1v) is 7.92. The van der Waals surface area contributed by atoms with E-state index in [4.69, 9.17) is 4.74 Å². The van der Waals surface area contributed by atoms with Crippen molar-refractivity contribution < 1.29 is 14.3 Å². The van der Waals surface area contributed by atoms with E-state index in [1.165, 1.54) is 6.42 Å². The summed E-state index contributed by atoms with van der Waals surface area (Å²) in [5.74, 6) is 0.662. The number of piperidine rings is 1. The highest BCUT2D eigenvalue weighted by Crippen LogP contribution is 2.29. The minimum absolute atomic E-state index is 0.0172. The topological polar surface area (TPSA) is 49.9 Å². The van der Waals surface area contributed by atoms with E-state index in [1.54, 1.807) is 12.0 Å². The standard InChI is InChI=1S/C17H22N2O3/c1-22-15-7-5-6-14(11-15)19-12-13(10-16(19)20)17(21)18-8-3-2-4-9-18/h5-7,11,13H,2-4,8-10,12H2,1H3/t13-/m0/s1. The van der Waals surface area contributed by atoms with Crippen LogP contribution in [-0.2, 0) is 9.59 Å². The van der Waals surface area contributed by atoms with Crippen molar-refractivity contribution >= 4 is 17.5 Å². The Morgan fingerprint density at radius 2 is 2.00 bits per heavy atom. The number of amides is 2. The molecule has 118 valence electrons. The van der Waals surface area contributed by atoms with Gasteiger partial charge in [0.2, 0.25) is 11.8 Å². The van der Waals surface area contributed by atoms with Crippen LogP contribution in [0.2, 0.25) is 0 Å². The number of rotatable bonds is 3. The summed E-state index contributed by atoms with van der Waals surface area (Å²) in [6.07, 6.45) is 3.66. The highest BCUT2D eigenvalue weighted by Gasteiger charge is 2.37. The third kappa shape index (κ3) is 2.93. The van der Waals surface area contributed by atoms with Gasteiger partial charge in [0.1, 0.15) is 5.75 Å².